The third kappa shape index (κ3) is 1.82. The van der Waals surface area contributed by atoms with Crippen LogP contribution >= 0.6 is 0 Å². The van der Waals surface area contributed by atoms with Crippen molar-refractivity contribution in [3.05, 3.63) is 29.8 Å². The van der Waals surface area contributed by atoms with Crippen LogP contribution in [0.1, 0.15) is 32.3 Å². The van der Waals surface area contributed by atoms with Crippen LogP contribution in [0, 0.1) is 5.92 Å². The van der Waals surface area contributed by atoms with Gasteiger partial charge in [-0.1, -0.05) is 32.0 Å². The Labute approximate surface area is 97.7 Å². The average Bonchev–Trinajstić information content (AvgIpc) is 2.30. The molecule has 88 valence electrons. The Hall–Kier alpha value is -1.02. The highest BCUT2D eigenvalue weighted by molar-refractivity contribution is 5.39. The second-order valence-corrected chi connectivity index (χ2v) is 5.11. The minimum atomic E-state index is 0.101. The molecule has 1 saturated heterocycles. The van der Waals surface area contributed by atoms with Gasteiger partial charge >= 0.3 is 0 Å². The number of piperidine rings is 1. The van der Waals surface area contributed by atoms with E-state index >= 15 is 0 Å². The van der Waals surface area contributed by atoms with Crippen LogP contribution in [0.3, 0.4) is 0 Å². The zero-order valence-corrected chi connectivity index (χ0v) is 10.2. The first-order valence-electron chi connectivity index (χ1n) is 6.16. The van der Waals surface area contributed by atoms with E-state index in [0.717, 1.165) is 25.1 Å². The quantitative estimate of drug-likeness (QED) is 0.801. The number of hydrogen-bond acceptors (Lipinski definition) is 2. The second-order valence-electron chi connectivity index (χ2n) is 5.11. The molecule has 0 radical (unpaired) electrons. The molecule has 1 aromatic rings. The fourth-order valence-electron chi connectivity index (χ4n) is 2.86. The summed E-state index contributed by atoms with van der Waals surface area (Å²) in [6, 6.07) is 7.79. The number of benzene rings is 1. The van der Waals surface area contributed by atoms with Gasteiger partial charge in [0.15, 0.2) is 0 Å². The lowest BCUT2D eigenvalue weighted by Crippen LogP contribution is -2.46. The molecule has 16 heavy (non-hydrogen) atoms. The Morgan fingerprint density at radius 2 is 2.06 bits per heavy atom. The number of phenols is 1. The molecule has 2 rings (SSSR count). The highest BCUT2D eigenvalue weighted by Crippen LogP contribution is 2.41. The van der Waals surface area contributed by atoms with Crippen molar-refractivity contribution in [3.8, 4) is 5.75 Å². The standard InChI is InChI=1S/C14H21NO/c1-11(2)14(8-5-9-15-10-14)12-6-3-4-7-13(12)16/h3-4,6-7,11,15-16H,5,8-10H2,1-2H3. The number of aromatic hydroxyl groups is 1. The van der Waals surface area contributed by atoms with Gasteiger partial charge in [0.05, 0.1) is 0 Å². The number of phenolic OH excluding ortho intramolecular Hbond substituents is 1. The molecule has 1 heterocycles. The zero-order chi connectivity index (χ0) is 11.6. The van der Waals surface area contributed by atoms with Gasteiger partial charge in [0.2, 0.25) is 0 Å². The van der Waals surface area contributed by atoms with E-state index in [4.69, 9.17) is 0 Å². The van der Waals surface area contributed by atoms with Crippen LogP contribution < -0.4 is 5.32 Å². The third-order valence-corrected chi connectivity index (χ3v) is 3.96. The summed E-state index contributed by atoms with van der Waals surface area (Å²) in [5, 5.41) is 13.5. The molecule has 0 spiro atoms. The lowest BCUT2D eigenvalue weighted by atomic mass is 9.67. The maximum absolute atomic E-state index is 10.0. The molecule has 1 aliphatic heterocycles. The van der Waals surface area contributed by atoms with Crippen molar-refractivity contribution in [2.24, 2.45) is 5.92 Å². The van der Waals surface area contributed by atoms with Crippen LogP contribution in [0.4, 0.5) is 0 Å². The normalized spacial score (nSPS) is 25.9. The van der Waals surface area contributed by atoms with Crippen molar-refractivity contribution in [1.29, 1.82) is 0 Å². The molecule has 1 aromatic carbocycles. The van der Waals surface area contributed by atoms with E-state index in [-0.39, 0.29) is 5.41 Å². The van der Waals surface area contributed by atoms with Crippen LogP contribution in [0.5, 0.6) is 5.75 Å². The molecular weight excluding hydrogens is 198 g/mol. The molecule has 2 heteroatoms. The molecule has 0 bridgehead atoms. The smallest absolute Gasteiger partial charge is 0.119 e. The van der Waals surface area contributed by atoms with Gasteiger partial charge in [0.25, 0.3) is 0 Å². The van der Waals surface area contributed by atoms with Crippen LogP contribution in [0.15, 0.2) is 24.3 Å². The van der Waals surface area contributed by atoms with E-state index in [9.17, 15) is 5.11 Å². The molecular formula is C14H21NO. The highest BCUT2D eigenvalue weighted by atomic mass is 16.3. The molecule has 1 aliphatic rings. The van der Waals surface area contributed by atoms with Gasteiger partial charge in [0, 0.05) is 17.5 Å². The predicted molar refractivity (Wildman–Crippen MR) is 66.7 cm³/mol. The maximum atomic E-state index is 10.0. The lowest BCUT2D eigenvalue weighted by Gasteiger charge is -2.42. The summed E-state index contributed by atoms with van der Waals surface area (Å²) >= 11 is 0. The topological polar surface area (TPSA) is 32.3 Å². The highest BCUT2D eigenvalue weighted by Gasteiger charge is 2.38. The minimum absolute atomic E-state index is 0.101. The molecule has 0 saturated carbocycles. The van der Waals surface area contributed by atoms with Crippen molar-refractivity contribution < 1.29 is 5.11 Å². The first-order chi connectivity index (χ1) is 7.67. The Balaban J connectivity index is 2.43. The van der Waals surface area contributed by atoms with Gasteiger partial charge in [-0.2, -0.15) is 0 Å². The van der Waals surface area contributed by atoms with Crippen molar-refractivity contribution >= 4 is 0 Å². The molecule has 0 amide bonds. The summed E-state index contributed by atoms with van der Waals surface area (Å²) in [6.07, 6.45) is 2.35. The van der Waals surface area contributed by atoms with E-state index in [1.54, 1.807) is 6.07 Å². The maximum Gasteiger partial charge on any atom is 0.119 e. The predicted octanol–water partition coefficient (Wildman–Crippen LogP) is 2.67. The van der Waals surface area contributed by atoms with Gasteiger partial charge < -0.3 is 10.4 Å². The van der Waals surface area contributed by atoms with E-state index in [1.165, 1.54) is 6.42 Å². The SMILES string of the molecule is CC(C)C1(c2ccccc2O)CCCNC1. The zero-order valence-electron chi connectivity index (χ0n) is 10.2. The van der Waals surface area contributed by atoms with E-state index in [2.05, 4.69) is 25.2 Å². The first kappa shape index (κ1) is 11.5. The Kier molecular flexibility index (Phi) is 3.20. The van der Waals surface area contributed by atoms with Gasteiger partial charge in [-0.15, -0.1) is 0 Å². The first-order valence-corrected chi connectivity index (χ1v) is 6.16. The van der Waals surface area contributed by atoms with Crippen molar-refractivity contribution in [1.82, 2.24) is 5.32 Å². The Morgan fingerprint density at radius 1 is 1.31 bits per heavy atom. The summed E-state index contributed by atoms with van der Waals surface area (Å²) in [6.45, 7) is 6.57. The average molecular weight is 219 g/mol. The van der Waals surface area contributed by atoms with Crippen molar-refractivity contribution in [2.75, 3.05) is 13.1 Å². The number of hydrogen-bond donors (Lipinski definition) is 2. The molecule has 1 fully saturated rings. The monoisotopic (exact) mass is 219 g/mol. The van der Waals surface area contributed by atoms with Crippen LogP contribution in [-0.2, 0) is 5.41 Å². The van der Waals surface area contributed by atoms with E-state index in [1.807, 2.05) is 12.1 Å². The minimum Gasteiger partial charge on any atom is -0.508 e. The van der Waals surface area contributed by atoms with Crippen LogP contribution in [0.2, 0.25) is 0 Å². The number of nitrogens with one attached hydrogen (secondary N) is 1. The van der Waals surface area contributed by atoms with Crippen molar-refractivity contribution in [2.45, 2.75) is 32.1 Å². The van der Waals surface area contributed by atoms with Gasteiger partial charge in [-0.25, -0.2) is 0 Å². The van der Waals surface area contributed by atoms with Crippen molar-refractivity contribution in [3.63, 3.8) is 0 Å². The van der Waals surface area contributed by atoms with E-state index in [0.29, 0.717) is 11.7 Å². The molecule has 1 atom stereocenters. The fourth-order valence-corrected chi connectivity index (χ4v) is 2.86. The number of rotatable bonds is 2. The van der Waals surface area contributed by atoms with Crippen LogP contribution in [-0.4, -0.2) is 18.2 Å². The molecule has 2 N–H and O–H groups in total. The summed E-state index contributed by atoms with van der Waals surface area (Å²) in [4.78, 5) is 0. The molecule has 0 aliphatic carbocycles. The van der Waals surface area contributed by atoms with Gasteiger partial charge in [-0.05, 0) is 31.4 Å². The second kappa shape index (κ2) is 4.46. The number of para-hydroxylation sites is 1. The summed E-state index contributed by atoms with van der Waals surface area (Å²) in [5.74, 6) is 0.980. The van der Waals surface area contributed by atoms with Gasteiger partial charge in [-0.3, -0.25) is 0 Å². The molecule has 2 nitrogen and oxygen atoms in total. The largest absolute Gasteiger partial charge is 0.508 e. The Bertz CT molecular complexity index is 354. The molecule has 1 unspecified atom stereocenters. The van der Waals surface area contributed by atoms with Gasteiger partial charge in [0.1, 0.15) is 5.75 Å². The fraction of sp³-hybridized carbons (Fsp3) is 0.571. The summed E-state index contributed by atoms with van der Waals surface area (Å²) < 4.78 is 0. The summed E-state index contributed by atoms with van der Waals surface area (Å²) in [7, 11) is 0. The third-order valence-electron chi connectivity index (χ3n) is 3.96. The summed E-state index contributed by atoms with van der Waals surface area (Å²) in [5.41, 5.74) is 1.21. The molecule has 0 aromatic heterocycles. The lowest BCUT2D eigenvalue weighted by molar-refractivity contribution is 0.227. The van der Waals surface area contributed by atoms with E-state index < -0.39 is 0 Å². The van der Waals surface area contributed by atoms with Crippen LogP contribution in [0.25, 0.3) is 0 Å². The Morgan fingerprint density at radius 3 is 2.62 bits per heavy atom.